The van der Waals surface area contributed by atoms with Gasteiger partial charge in [-0.1, -0.05) is 4.89 Å². The number of aryl methyl sites for hydroxylation is 2. The topological polar surface area (TPSA) is 77.1 Å². The highest BCUT2D eigenvalue weighted by molar-refractivity contribution is 7.89. The average Bonchev–Trinajstić information content (AvgIpc) is 2.54. The zero-order chi connectivity index (χ0) is 16.9. The third-order valence-electron chi connectivity index (χ3n) is 3.76. The molecule has 0 atom stereocenters. The number of ether oxygens (including phenoxy) is 2. The molecular formula is C15H24N2O5S. The molecule has 0 radical (unpaired) electrons. The molecule has 1 saturated heterocycles. The molecule has 0 spiro atoms. The van der Waals surface area contributed by atoms with Crippen molar-refractivity contribution in [3.63, 3.8) is 0 Å². The Labute approximate surface area is 137 Å². The van der Waals surface area contributed by atoms with Crippen LogP contribution in [0.1, 0.15) is 11.1 Å². The fourth-order valence-electron chi connectivity index (χ4n) is 2.44. The highest BCUT2D eigenvalue weighted by Crippen LogP contribution is 2.25. The van der Waals surface area contributed by atoms with Gasteiger partial charge in [0, 0.05) is 19.6 Å². The number of nitrogens with zero attached hydrogens (tertiary/aromatic N) is 1. The van der Waals surface area contributed by atoms with Crippen LogP contribution in [0.4, 0.5) is 0 Å². The van der Waals surface area contributed by atoms with Crippen molar-refractivity contribution in [2.75, 3.05) is 46.6 Å². The minimum absolute atomic E-state index is 0.196. The lowest BCUT2D eigenvalue weighted by Crippen LogP contribution is -2.39. The first-order valence-corrected chi connectivity index (χ1v) is 9.01. The standard InChI is InChI=1S/C15H24N2O5S/c1-12-11-15(13(2)10-14(12)20-3)23(18,19)16-22-9-6-17-4-7-21-8-5-17/h10-11,16H,4-9H2,1-3H3. The van der Waals surface area contributed by atoms with Gasteiger partial charge in [-0.2, -0.15) is 0 Å². The van der Waals surface area contributed by atoms with Crippen LogP contribution >= 0.6 is 0 Å². The van der Waals surface area contributed by atoms with Crippen LogP contribution in [-0.4, -0.2) is 59.9 Å². The van der Waals surface area contributed by atoms with E-state index in [0.717, 1.165) is 18.7 Å². The molecule has 23 heavy (non-hydrogen) atoms. The minimum Gasteiger partial charge on any atom is -0.496 e. The van der Waals surface area contributed by atoms with Crippen molar-refractivity contribution in [2.24, 2.45) is 0 Å². The molecule has 1 aliphatic heterocycles. The number of morpholine rings is 1. The predicted molar refractivity (Wildman–Crippen MR) is 86.0 cm³/mol. The summed E-state index contributed by atoms with van der Waals surface area (Å²) in [5.74, 6) is 0.662. The van der Waals surface area contributed by atoms with Crippen LogP contribution in [0.3, 0.4) is 0 Å². The minimum atomic E-state index is -3.71. The monoisotopic (exact) mass is 344 g/mol. The molecule has 0 amide bonds. The van der Waals surface area contributed by atoms with E-state index in [2.05, 4.69) is 9.79 Å². The second kappa shape index (κ2) is 8.07. The molecular weight excluding hydrogens is 320 g/mol. The van der Waals surface area contributed by atoms with Gasteiger partial charge in [-0.25, -0.2) is 8.42 Å². The van der Waals surface area contributed by atoms with E-state index in [4.69, 9.17) is 14.3 Å². The summed E-state index contributed by atoms with van der Waals surface area (Å²) in [4.78, 5) is 9.71. The number of benzene rings is 1. The fraction of sp³-hybridized carbons (Fsp3) is 0.600. The molecule has 8 heteroatoms. The van der Waals surface area contributed by atoms with Crippen molar-refractivity contribution in [3.8, 4) is 5.75 Å². The fourth-order valence-corrected chi connectivity index (χ4v) is 3.58. The lowest BCUT2D eigenvalue weighted by Gasteiger charge is -2.26. The van der Waals surface area contributed by atoms with Crippen molar-refractivity contribution in [1.29, 1.82) is 0 Å². The van der Waals surface area contributed by atoms with E-state index in [1.807, 2.05) is 0 Å². The normalized spacial score (nSPS) is 16.5. The SMILES string of the molecule is COc1cc(C)c(S(=O)(=O)NOCCN2CCOCC2)cc1C. The van der Waals surface area contributed by atoms with E-state index in [-0.39, 0.29) is 11.5 Å². The van der Waals surface area contributed by atoms with Crippen molar-refractivity contribution < 1.29 is 22.7 Å². The van der Waals surface area contributed by atoms with Gasteiger partial charge >= 0.3 is 0 Å². The molecule has 1 heterocycles. The Morgan fingerprint density at radius 1 is 1.22 bits per heavy atom. The molecule has 7 nitrogen and oxygen atoms in total. The molecule has 1 aliphatic rings. The van der Waals surface area contributed by atoms with E-state index in [9.17, 15) is 8.42 Å². The van der Waals surface area contributed by atoms with Crippen LogP contribution in [0.5, 0.6) is 5.75 Å². The summed E-state index contributed by atoms with van der Waals surface area (Å²) in [5, 5.41) is 0. The number of rotatable bonds is 7. The van der Waals surface area contributed by atoms with Gasteiger partial charge in [-0.05, 0) is 37.1 Å². The maximum absolute atomic E-state index is 12.3. The summed E-state index contributed by atoms with van der Waals surface area (Å²) in [6, 6.07) is 3.29. The van der Waals surface area contributed by atoms with Crippen molar-refractivity contribution in [1.82, 2.24) is 9.79 Å². The number of hydrogen-bond acceptors (Lipinski definition) is 6. The Morgan fingerprint density at radius 2 is 1.91 bits per heavy atom. The Morgan fingerprint density at radius 3 is 2.57 bits per heavy atom. The first-order valence-electron chi connectivity index (χ1n) is 7.53. The summed E-state index contributed by atoms with van der Waals surface area (Å²) >= 11 is 0. The van der Waals surface area contributed by atoms with E-state index in [1.54, 1.807) is 33.1 Å². The number of methoxy groups -OCH3 is 1. The molecule has 1 fully saturated rings. The van der Waals surface area contributed by atoms with Crippen LogP contribution in [0.15, 0.2) is 17.0 Å². The number of sulfonamides is 1. The van der Waals surface area contributed by atoms with Gasteiger partial charge in [0.25, 0.3) is 10.0 Å². The Balaban J connectivity index is 1.92. The van der Waals surface area contributed by atoms with Gasteiger partial charge in [0.05, 0.1) is 31.8 Å². The van der Waals surface area contributed by atoms with Gasteiger partial charge in [-0.15, -0.1) is 0 Å². The average molecular weight is 344 g/mol. The molecule has 0 aromatic heterocycles. The van der Waals surface area contributed by atoms with Crippen LogP contribution in [0.2, 0.25) is 0 Å². The predicted octanol–water partition coefficient (Wildman–Crippen LogP) is 0.854. The molecule has 0 aliphatic carbocycles. The molecule has 130 valence electrons. The van der Waals surface area contributed by atoms with Crippen molar-refractivity contribution in [2.45, 2.75) is 18.7 Å². The van der Waals surface area contributed by atoms with Gasteiger partial charge in [0.1, 0.15) is 5.75 Å². The van der Waals surface area contributed by atoms with Crippen molar-refractivity contribution >= 4 is 10.0 Å². The lowest BCUT2D eigenvalue weighted by atomic mass is 10.1. The molecule has 0 saturated carbocycles. The summed E-state index contributed by atoms with van der Waals surface area (Å²) in [6.07, 6.45) is 0. The van der Waals surface area contributed by atoms with E-state index in [0.29, 0.717) is 31.1 Å². The van der Waals surface area contributed by atoms with E-state index >= 15 is 0 Å². The van der Waals surface area contributed by atoms with Gasteiger partial charge in [-0.3, -0.25) is 9.74 Å². The summed E-state index contributed by atoms with van der Waals surface area (Å²) < 4.78 is 35.1. The smallest absolute Gasteiger partial charge is 0.262 e. The van der Waals surface area contributed by atoms with Crippen LogP contribution in [-0.2, 0) is 19.6 Å². The Kier molecular flexibility index (Phi) is 6.37. The first kappa shape index (κ1) is 18.2. The van der Waals surface area contributed by atoms with Gasteiger partial charge in [0.2, 0.25) is 0 Å². The highest BCUT2D eigenvalue weighted by atomic mass is 32.2. The molecule has 1 aromatic carbocycles. The third-order valence-corrected chi connectivity index (χ3v) is 5.12. The summed E-state index contributed by atoms with van der Waals surface area (Å²) in [6.45, 7) is 7.56. The van der Waals surface area contributed by atoms with Crippen LogP contribution in [0, 0.1) is 13.8 Å². The molecule has 1 aromatic rings. The third kappa shape index (κ3) is 4.89. The maximum atomic E-state index is 12.3. The van der Waals surface area contributed by atoms with E-state index in [1.165, 1.54) is 0 Å². The Bertz CT molecular complexity index is 627. The quantitative estimate of drug-likeness (QED) is 0.584. The molecule has 2 rings (SSSR count). The number of nitrogens with one attached hydrogen (secondary N) is 1. The van der Waals surface area contributed by atoms with Gasteiger partial charge in [0.15, 0.2) is 0 Å². The van der Waals surface area contributed by atoms with Gasteiger partial charge < -0.3 is 9.47 Å². The van der Waals surface area contributed by atoms with Crippen LogP contribution < -0.4 is 9.62 Å². The summed E-state index contributed by atoms with van der Waals surface area (Å²) in [5.41, 5.74) is 1.36. The largest absolute Gasteiger partial charge is 0.496 e. The van der Waals surface area contributed by atoms with Crippen molar-refractivity contribution in [3.05, 3.63) is 23.3 Å². The molecule has 0 unspecified atom stereocenters. The zero-order valence-corrected chi connectivity index (χ0v) is 14.6. The number of hydrogen-bond donors (Lipinski definition) is 1. The molecule has 1 N–H and O–H groups in total. The molecule has 0 bridgehead atoms. The Hall–Kier alpha value is -1.19. The van der Waals surface area contributed by atoms with Crippen LogP contribution in [0.25, 0.3) is 0 Å². The highest BCUT2D eigenvalue weighted by Gasteiger charge is 2.19. The second-order valence-electron chi connectivity index (χ2n) is 5.48. The summed E-state index contributed by atoms with van der Waals surface area (Å²) in [7, 11) is -2.15. The lowest BCUT2D eigenvalue weighted by molar-refractivity contribution is 0.0125. The zero-order valence-electron chi connectivity index (χ0n) is 13.8. The first-order chi connectivity index (χ1) is 10.9. The second-order valence-corrected chi connectivity index (χ2v) is 7.09. The van der Waals surface area contributed by atoms with E-state index < -0.39 is 10.0 Å². The maximum Gasteiger partial charge on any atom is 0.262 e.